The monoisotopic (exact) mass is 397 g/mol. The molecule has 1 amide bonds. The lowest BCUT2D eigenvalue weighted by molar-refractivity contribution is -0.128. The summed E-state index contributed by atoms with van der Waals surface area (Å²) in [6, 6.07) is 9.72. The molecule has 1 atom stereocenters. The zero-order valence-corrected chi connectivity index (χ0v) is 17.3. The van der Waals surface area contributed by atoms with Crippen LogP contribution in [0.3, 0.4) is 0 Å². The molecule has 2 aromatic rings. The summed E-state index contributed by atoms with van der Waals surface area (Å²) in [4.78, 5) is 18.7. The van der Waals surface area contributed by atoms with Crippen molar-refractivity contribution >= 4 is 17.7 Å². The Kier molecular flexibility index (Phi) is 6.10. The minimum absolute atomic E-state index is 0.0472. The Morgan fingerprint density at radius 3 is 2.71 bits per heavy atom. The standard InChI is InChI=1S/C21H23N3O3S/c1-13-14(2)17(9-22)21(23-15(13)3)28-12-20(25)24(4)10-16-11-26-18-7-5-6-8-19(18)27-16/h5-8,16H,10-12H2,1-4H3/t16-/m1/s1. The molecule has 28 heavy (non-hydrogen) atoms. The van der Waals surface area contributed by atoms with Gasteiger partial charge in [-0.15, -0.1) is 0 Å². The predicted molar refractivity (Wildman–Crippen MR) is 108 cm³/mol. The topological polar surface area (TPSA) is 75.5 Å². The van der Waals surface area contributed by atoms with Gasteiger partial charge in [-0.2, -0.15) is 5.26 Å². The first-order chi connectivity index (χ1) is 13.4. The van der Waals surface area contributed by atoms with Crippen molar-refractivity contribution in [2.75, 3.05) is 26.0 Å². The number of aryl methyl sites for hydroxylation is 1. The van der Waals surface area contributed by atoms with E-state index in [1.165, 1.54) is 11.8 Å². The van der Waals surface area contributed by atoms with E-state index in [1.807, 2.05) is 45.0 Å². The van der Waals surface area contributed by atoms with Crippen molar-refractivity contribution in [3.05, 3.63) is 46.6 Å². The lowest BCUT2D eigenvalue weighted by atomic mass is 10.1. The van der Waals surface area contributed by atoms with E-state index in [9.17, 15) is 10.1 Å². The van der Waals surface area contributed by atoms with Gasteiger partial charge in [0.05, 0.1) is 17.9 Å². The number of ether oxygens (including phenoxy) is 2. The second-order valence-electron chi connectivity index (χ2n) is 6.80. The summed E-state index contributed by atoms with van der Waals surface area (Å²) in [5.74, 6) is 1.59. The highest BCUT2D eigenvalue weighted by atomic mass is 32.2. The molecule has 2 heterocycles. The van der Waals surface area contributed by atoms with Crippen LogP contribution in [0.1, 0.15) is 22.4 Å². The maximum atomic E-state index is 12.6. The first-order valence-corrected chi connectivity index (χ1v) is 10.0. The Balaban J connectivity index is 1.59. The SMILES string of the molecule is Cc1nc(SCC(=O)N(C)C[C@@H]2COc3ccccc3O2)c(C#N)c(C)c1C. The molecule has 146 valence electrons. The number of amides is 1. The van der Waals surface area contributed by atoms with Gasteiger partial charge in [0.15, 0.2) is 17.6 Å². The van der Waals surface area contributed by atoms with E-state index in [1.54, 1.807) is 11.9 Å². The number of pyridine rings is 1. The number of aromatic nitrogens is 1. The van der Waals surface area contributed by atoms with Gasteiger partial charge in [0.25, 0.3) is 0 Å². The number of thioether (sulfide) groups is 1. The van der Waals surface area contributed by atoms with E-state index in [4.69, 9.17) is 9.47 Å². The van der Waals surface area contributed by atoms with Crippen molar-refractivity contribution in [1.29, 1.82) is 5.26 Å². The third kappa shape index (κ3) is 4.23. The van der Waals surface area contributed by atoms with Crippen molar-refractivity contribution in [1.82, 2.24) is 9.88 Å². The number of carbonyl (C=O) groups excluding carboxylic acids is 1. The molecule has 0 unspecified atom stereocenters. The van der Waals surface area contributed by atoms with E-state index in [0.717, 1.165) is 22.6 Å². The number of rotatable bonds is 5. The van der Waals surface area contributed by atoms with Gasteiger partial charge in [0.1, 0.15) is 17.7 Å². The Morgan fingerprint density at radius 2 is 2.00 bits per heavy atom. The fraction of sp³-hybridized carbons (Fsp3) is 0.381. The number of carbonyl (C=O) groups is 1. The van der Waals surface area contributed by atoms with E-state index in [2.05, 4.69) is 11.1 Å². The molecule has 0 bridgehead atoms. The molecule has 1 aliphatic rings. The number of para-hydroxylation sites is 2. The van der Waals surface area contributed by atoms with Crippen LogP contribution in [0.4, 0.5) is 0 Å². The fourth-order valence-corrected chi connectivity index (χ4v) is 3.97. The van der Waals surface area contributed by atoms with E-state index in [-0.39, 0.29) is 17.8 Å². The highest BCUT2D eigenvalue weighted by Gasteiger charge is 2.24. The summed E-state index contributed by atoms with van der Waals surface area (Å²) in [5.41, 5.74) is 3.36. The average molecular weight is 398 g/mol. The van der Waals surface area contributed by atoms with E-state index < -0.39 is 0 Å². The Morgan fingerprint density at radius 1 is 1.29 bits per heavy atom. The van der Waals surface area contributed by atoms with Gasteiger partial charge in [-0.3, -0.25) is 4.79 Å². The highest BCUT2D eigenvalue weighted by molar-refractivity contribution is 8.00. The van der Waals surface area contributed by atoms with E-state index in [0.29, 0.717) is 29.5 Å². The lowest BCUT2D eigenvalue weighted by Crippen LogP contribution is -2.42. The highest BCUT2D eigenvalue weighted by Crippen LogP contribution is 2.31. The fourth-order valence-electron chi connectivity index (χ4n) is 2.95. The van der Waals surface area contributed by atoms with Crippen molar-refractivity contribution < 1.29 is 14.3 Å². The number of likely N-dealkylation sites (N-methyl/N-ethyl adjacent to an activating group) is 1. The van der Waals surface area contributed by atoms with Gasteiger partial charge >= 0.3 is 0 Å². The zero-order valence-electron chi connectivity index (χ0n) is 16.5. The number of nitriles is 1. The average Bonchev–Trinajstić information content (AvgIpc) is 2.70. The molecule has 7 heteroatoms. The van der Waals surface area contributed by atoms with Gasteiger partial charge in [0, 0.05) is 12.7 Å². The summed E-state index contributed by atoms with van der Waals surface area (Å²) in [6.07, 6.45) is -0.217. The second-order valence-corrected chi connectivity index (χ2v) is 7.76. The molecule has 1 aromatic carbocycles. The summed E-state index contributed by atoms with van der Waals surface area (Å²) in [5, 5.41) is 10.1. The quantitative estimate of drug-likeness (QED) is 0.721. The summed E-state index contributed by atoms with van der Waals surface area (Å²) < 4.78 is 11.6. The predicted octanol–water partition coefficient (Wildman–Crippen LogP) is 3.27. The number of nitrogens with zero attached hydrogens (tertiary/aromatic N) is 3. The molecule has 6 nitrogen and oxygen atoms in total. The maximum Gasteiger partial charge on any atom is 0.232 e. The molecule has 3 rings (SSSR count). The Bertz CT molecular complexity index is 939. The van der Waals surface area contributed by atoms with E-state index >= 15 is 0 Å². The smallest absolute Gasteiger partial charge is 0.232 e. The normalized spacial score (nSPS) is 15.0. The number of hydrogen-bond acceptors (Lipinski definition) is 6. The lowest BCUT2D eigenvalue weighted by Gasteiger charge is -2.29. The largest absolute Gasteiger partial charge is 0.486 e. The van der Waals surface area contributed by atoms with Crippen LogP contribution < -0.4 is 9.47 Å². The minimum atomic E-state index is -0.217. The molecule has 0 radical (unpaired) electrons. The first kappa shape index (κ1) is 20.0. The number of benzene rings is 1. The molecule has 0 spiro atoms. The van der Waals surface area contributed by atoms with Gasteiger partial charge < -0.3 is 14.4 Å². The molecule has 0 aliphatic carbocycles. The van der Waals surface area contributed by atoms with Crippen LogP contribution in [0.15, 0.2) is 29.3 Å². The van der Waals surface area contributed by atoms with Crippen molar-refractivity contribution in [3.8, 4) is 17.6 Å². The van der Waals surface area contributed by atoms with Gasteiger partial charge in [-0.05, 0) is 44.0 Å². The molecule has 0 saturated carbocycles. The summed E-state index contributed by atoms with van der Waals surface area (Å²) >= 11 is 1.30. The van der Waals surface area contributed by atoms with Gasteiger partial charge in [-0.25, -0.2) is 4.98 Å². The number of fused-ring (bicyclic) bond motifs is 1. The molecule has 1 aliphatic heterocycles. The second kappa shape index (κ2) is 8.53. The molecular weight excluding hydrogens is 374 g/mol. The van der Waals surface area contributed by atoms with Crippen LogP contribution in [0.5, 0.6) is 11.5 Å². The third-order valence-electron chi connectivity index (χ3n) is 4.88. The van der Waals surface area contributed by atoms with Crippen LogP contribution in [0.25, 0.3) is 0 Å². The van der Waals surface area contributed by atoms with Crippen molar-refractivity contribution in [3.63, 3.8) is 0 Å². The molecular formula is C21H23N3O3S. The molecule has 1 aromatic heterocycles. The van der Waals surface area contributed by atoms with Crippen LogP contribution in [0.2, 0.25) is 0 Å². The maximum absolute atomic E-state index is 12.6. The van der Waals surface area contributed by atoms with Crippen LogP contribution in [-0.2, 0) is 4.79 Å². The zero-order chi connectivity index (χ0) is 20.3. The Hall–Kier alpha value is -2.72. The van der Waals surface area contributed by atoms with Gasteiger partial charge in [0.2, 0.25) is 5.91 Å². The van der Waals surface area contributed by atoms with Crippen molar-refractivity contribution in [2.45, 2.75) is 31.9 Å². The molecule has 0 fully saturated rings. The van der Waals surface area contributed by atoms with Crippen LogP contribution in [0, 0.1) is 32.1 Å². The minimum Gasteiger partial charge on any atom is -0.486 e. The van der Waals surface area contributed by atoms with Crippen LogP contribution in [-0.4, -0.2) is 47.8 Å². The molecule has 0 saturated heterocycles. The van der Waals surface area contributed by atoms with Gasteiger partial charge in [-0.1, -0.05) is 23.9 Å². The molecule has 0 N–H and O–H groups in total. The number of hydrogen-bond donors (Lipinski definition) is 0. The summed E-state index contributed by atoms with van der Waals surface area (Å²) in [7, 11) is 1.75. The Labute approximate surface area is 169 Å². The third-order valence-corrected chi connectivity index (χ3v) is 5.84. The van der Waals surface area contributed by atoms with Crippen LogP contribution >= 0.6 is 11.8 Å². The van der Waals surface area contributed by atoms with Crippen molar-refractivity contribution in [2.24, 2.45) is 0 Å². The first-order valence-electron chi connectivity index (χ1n) is 9.03. The summed E-state index contributed by atoms with van der Waals surface area (Å²) in [6.45, 7) is 6.62.